The maximum atomic E-state index is 10.6. The molecule has 0 aromatic carbocycles. The van der Waals surface area contributed by atoms with E-state index >= 15 is 0 Å². The van der Waals surface area contributed by atoms with E-state index in [9.17, 15) is 4.79 Å². The van der Waals surface area contributed by atoms with Crippen LogP contribution in [0.4, 0.5) is 0 Å². The van der Waals surface area contributed by atoms with Gasteiger partial charge in [-0.2, -0.15) is 5.10 Å². The van der Waals surface area contributed by atoms with E-state index in [0.29, 0.717) is 5.82 Å². The van der Waals surface area contributed by atoms with Gasteiger partial charge in [0.15, 0.2) is 5.82 Å². The lowest BCUT2D eigenvalue weighted by Crippen LogP contribution is -2.03. The van der Waals surface area contributed by atoms with Crippen LogP contribution in [-0.4, -0.2) is 30.8 Å². The molecule has 2 rings (SSSR count). The summed E-state index contributed by atoms with van der Waals surface area (Å²) < 4.78 is 1.36. The number of hydrogen-bond acceptors (Lipinski definition) is 4. The van der Waals surface area contributed by atoms with E-state index in [1.54, 1.807) is 0 Å². The number of rotatable bonds is 2. The van der Waals surface area contributed by atoms with E-state index < -0.39 is 5.97 Å². The number of pyridine rings is 1. The summed E-state index contributed by atoms with van der Waals surface area (Å²) in [4.78, 5) is 18.2. The number of nitrogens with zero attached hydrogens (tertiary/aromatic N) is 4. The fourth-order valence-corrected chi connectivity index (χ4v) is 1.29. The highest BCUT2D eigenvalue weighted by atomic mass is 35.5. The van der Waals surface area contributed by atoms with Gasteiger partial charge in [-0.15, -0.1) is 0 Å². The van der Waals surface area contributed by atoms with E-state index in [-0.39, 0.29) is 10.6 Å². The van der Waals surface area contributed by atoms with E-state index in [1.807, 2.05) is 0 Å². The first-order valence-electron chi connectivity index (χ1n) is 3.92. The molecule has 2 heterocycles. The Kier molecular flexibility index (Phi) is 2.34. The van der Waals surface area contributed by atoms with Crippen molar-refractivity contribution in [1.29, 1.82) is 0 Å². The van der Waals surface area contributed by atoms with Gasteiger partial charge in [-0.3, -0.25) is 0 Å². The number of halogens is 1. The molecule has 0 aliphatic rings. The van der Waals surface area contributed by atoms with Crippen molar-refractivity contribution >= 4 is 17.6 Å². The van der Waals surface area contributed by atoms with Crippen molar-refractivity contribution in [2.75, 3.05) is 0 Å². The number of carboxylic acids is 1. The van der Waals surface area contributed by atoms with Crippen molar-refractivity contribution < 1.29 is 9.90 Å². The molecular weight excluding hydrogens is 220 g/mol. The average Bonchev–Trinajstić information content (AvgIpc) is 2.70. The standard InChI is InChI=1S/C8H5ClN4O2/c9-6-1-5(8(14)15)2-11-7(6)13-4-10-3-12-13/h1-4H,(H,14,15). The Morgan fingerprint density at radius 3 is 2.87 bits per heavy atom. The third-order valence-corrected chi connectivity index (χ3v) is 1.98. The van der Waals surface area contributed by atoms with Crippen LogP contribution < -0.4 is 0 Å². The van der Waals surface area contributed by atoms with Crippen LogP contribution in [0.5, 0.6) is 0 Å². The number of aromatic nitrogens is 4. The molecule has 15 heavy (non-hydrogen) atoms. The van der Waals surface area contributed by atoms with Crippen LogP contribution in [-0.2, 0) is 0 Å². The normalized spacial score (nSPS) is 10.2. The third-order valence-electron chi connectivity index (χ3n) is 1.70. The molecule has 0 fully saturated rings. The van der Waals surface area contributed by atoms with Gasteiger partial charge in [0.1, 0.15) is 12.7 Å². The molecule has 0 aliphatic heterocycles. The van der Waals surface area contributed by atoms with E-state index in [1.165, 1.54) is 29.6 Å². The summed E-state index contributed by atoms with van der Waals surface area (Å²) in [6.45, 7) is 0. The molecule has 0 unspecified atom stereocenters. The van der Waals surface area contributed by atoms with Gasteiger partial charge in [0.05, 0.1) is 10.6 Å². The second-order valence-corrected chi connectivity index (χ2v) is 3.08. The Bertz CT molecular complexity index is 497. The van der Waals surface area contributed by atoms with Gasteiger partial charge in [0, 0.05) is 6.20 Å². The summed E-state index contributed by atoms with van der Waals surface area (Å²) in [6, 6.07) is 1.31. The van der Waals surface area contributed by atoms with Crippen LogP contribution >= 0.6 is 11.6 Å². The topological polar surface area (TPSA) is 80.9 Å². The summed E-state index contributed by atoms with van der Waals surface area (Å²) in [6.07, 6.45) is 3.98. The Hall–Kier alpha value is -1.95. The number of carbonyl (C=O) groups is 1. The molecule has 0 saturated carbocycles. The van der Waals surface area contributed by atoms with Gasteiger partial charge in [0.25, 0.3) is 0 Å². The average molecular weight is 225 g/mol. The predicted octanol–water partition coefficient (Wildman–Crippen LogP) is 1.01. The van der Waals surface area contributed by atoms with Crippen LogP contribution in [0.15, 0.2) is 24.9 Å². The summed E-state index contributed by atoms with van der Waals surface area (Å²) >= 11 is 5.85. The van der Waals surface area contributed by atoms with Gasteiger partial charge >= 0.3 is 5.97 Å². The zero-order valence-corrected chi connectivity index (χ0v) is 8.09. The minimum Gasteiger partial charge on any atom is -0.478 e. The van der Waals surface area contributed by atoms with Gasteiger partial charge in [-0.05, 0) is 6.07 Å². The molecular formula is C8H5ClN4O2. The zero-order valence-electron chi connectivity index (χ0n) is 7.33. The second-order valence-electron chi connectivity index (χ2n) is 2.67. The SMILES string of the molecule is O=C(O)c1cnc(-n2cncn2)c(Cl)c1. The highest BCUT2D eigenvalue weighted by molar-refractivity contribution is 6.32. The Morgan fingerprint density at radius 2 is 2.33 bits per heavy atom. The summed E-state index contributed by atoms with van der Waals surface area (Å²) in [5, 5.41) is 12.7. The van der Waals surface area contributed by atoms with Crippen LogP contribution in [0.3, 0.4) is 0 Å². The summed E-state index contributed by atoms with van der Waals surface area (Å²) in [5.41, 5.74) is 0.0314. The highest BCUT2D eigenvalue weighted by Gasteiger charge is 2.09. The van der Waals surface area contributed by atoms with Crippen LogP contribution in [0.1, 0.15) is 10.4 Å². The van der Waals surface area contributed by atoms with Gasteiger partial charge in [-0.1, -0.05) is 11.6 Å². The molecule has 1 N–H and O–H groups in total. The minimum absolute atomic E-state index is 0.0314. The molecule has 76 valence electrons. The molecule has 0 amide bonds. The first kappa shape index (κ1) is 9.60. The molecule has 0 atom stereocenters. The van der Waals surface area contributed by atoms with E-state index in [2.05, 4.69) is 15.1 Å². The van der Waals surface area contributed by atoms with Crippen LogP contribution in [0.2, 0.25) is 5.02 Å². The quantitative estimate of drug-likeness (QED) is 0.824. The lowest BCUT2D eigenvalue weighted by atomic mass is 10.3. The monoisotopic (exact) mass is 224 g/mol. The van der Waals surface area contributed by atoms with Crippen LogP contribution in [0.25, 0.3) is 5.82 Å². The molecule has 6 nitrogen and oxygen atoms in total. The molecule has 2 aromatic rings. The van der Waals surface area contributed by atoms with Crippen molar-refractivity contribution in [3.63, 3.8) is 0 Å². The van der Waals surface area contributed by atoms with Crippen molar-refractivity contribution in [2.45, 2.75) is 0 Å². The molecule has 7 heteroatoms. The largest absolute Gasteiger partial charge is 0.478 e. The molecule has 0 aliphatic carbocycles. The Labute approximate surface area is 89.2 Å². The smallest absolute Gasteiger partial charge is 0.337 e. The first-order valence-corrected chi connectivity index (χ1v) is 4.30. The predicted molar refractivity (Wildman–Crippen MR) is 51.1 cm³/mol. The van der Waals surface area contributed by atoms with E-state index in [4.69, 9.17) is 16.7 Å². The van der Waals surface area contributed by atoms with E-state index in [0.717, 1.165) is 0 Å². The van der Waals surface area contributed by atoms with Gasteiger partial charge < -0.3 is 5.11 Å². The van der Waals surface area contributed by atoms with Crippen molar-refractivity contribution in [2.24, 2.45) is 0 Å². The molecule has 2 aromatic heterocycles. The van der Waals surface area contributed by atoms with Crippen molar-refractivity contribution in [1.82, 2.24) is 19.7 Å². The maximum absolute atomic E-state index is 10.6. The molecule has 0 spiro atoms. The number of hydrogen-bond donors (Lipinski definition) is 1. The minimum atomic E-state index is -1.07. The summed E-state index contributed by atoms with van der Waals surface area (Å²) in [5.74, 6) is -0.728. The number of carboxylic acid groups (broad SMARTS) is 1. The molecule has 0 saturated heterocycles. The zero-order chi connectivity index (χ0) is 10.8. The number of aromatic carboxylic acids is 1. The molecule has 0 bridgehead atoms. The van der Waals surface area contributed by atoms with Crippen molar-refractivity contribution in [3.05, 3.63) is 35.5 Å². The Morgan fingerprint density at radius 1 is 1.53 bits per heavy atom. The van der Waals surface area contributed by atoms with Gasteiger partial charge in [0.2, 0.25) is 0 Å². The third kappa shape index (κ3) is 1.79. The van der Waals surface area contributed by atoms with Gasteiger partial charge in [-0.25, -0.2) is 19.4 Å². The van der Waals surface area contributed by atoms with Crippen molar-refractivity contribution in [3.8, 4) is 5.82 Å². The maximum Gasteiger partial charge on any atom is 0.337 e. The fraction of sp³-hybridized carbons (Fsp3) is 0. The lowest BCUT2D eigenvalue weighted by molar-refractivity contribution is 0.0696. The highest BCUT2D eigenvalue weighted by Crippen LogP contribution is 2.17. The fourth-order valence-electron chi connectivity index (χ4n) is 1.03. The lowest BCUT2D eigenvalue weighted by Gasteiger charge is -2.02. The van der Waals surface area contributed by atoms with Crippen LogP contribution in [0, 0.1) is 0 Å². The molecule has 0 radical (unpaired) electrons. The second kappa shape index (κ2) is 3.66. The Balaban J connectivity index is 2.48. The first-order chi connectivity index (χ1) is 7.18. The summed E-state index contributed by atoms with van der Waals surface area (Å²) in [7, 11) is 0.